The zero-order chi connectivity index (χ0) is 14.7. The van der Waals surface area contributed by atoms with Crippen LogP contribution in [0.5, 0.6) is 0 Å². The van der Waals surface area contributed by atoms with E-state index < -0.39 is 0 Å². The highest BCUT2D eigenvalue weighted by atomic mass is 35.5. The summed E-state index contributed by atoms with van der Waals surface area (Å²) in [7, 11) is 0. The molecule has 5 heteroatoms. The van der Waals surface area contributed by atoms with Crippen LogP contribution in [0.3, 0.4) is 0 Å². The largest absolute Gasteiger partial charge is 0.391 e. The highest BCUT2D eigenvalue weighted by Gasteiger charge is 2.31. The van der Waals surface area contributed by atoms with E-state index in [-0.39, 0.29) is 6.10 Å². The molecule has 0 aromatic carbocycles. The van der Waals surface area contributed by atoms with Crippen LogP contribution in [-0.2, 0) is 6.54 Å². The van der Waals surface area contributed by atoms with Gasteiger partial charge in [-0.25, -0.2) is 0 Å². The van der Waals surface area contributed by atoms with Crippen molar-refractivity contribution in [3.05, 3.63) is 21.3 Å². The number of hydrogen-bond donors (Lipinski definition) is 2. The molecule has 0 bridgehead atoms. The maximum absolute atomic E-state index is 10.2. The molecule has 3 rings (SSSR count). The van der Waals surface area contributed by atoms with Gasteiger partial charge in [-0.3, -0.25) is 4.90 Å². The predicted molar refractivity (Wildman–Crippen MR) is 89.0 cm³/mol. The van der Waals surface area contributed by atoms with Crippen molar-refractivity contribution in [3.8, 4) is 0 Å². The summed E-state index contributed by atoms with van der Waals surface area (Å²) in [5.74, 6) is 0. The van der Waals surface area contributed by atoms with E-state index in [1.807, 2.05) is 11.4 Å². The van der Waals surface area contributed by atoms with E-state index in [4.69, 9.17) is 11.6 Å². The number of nitrogens with zero attached hydrogens (tertiary/aromatic N) is 1. The second-order valence-corrected chi connectivity index (χ2v) is 7.77. The lowest BCUT2D eigenvalue weighted by molar-refractivity contribution is 0.00715. The fourth-order valence-corrected chi connectivity index (χ4v) is 4.67. The smallest absolute Gasteiger partial charge is 0.0695 e. The SMILES string of the molecule is O[C@H]1CCCC[C@@H]1N1CCC(NCc2cc(Cl)cs2)CC1. The monoisotopic (exact) mass is 328 g/mol. The molecular formula is C16H25ClN2OS. The summed E-state index contributed by atoms with van der Waals surface area (Å²) in [6, 6.07) is 3.06. The number of piperidine rings is 1. The van der Waals surface area contributed by atoms with Crippen LogP contribution in [-0.4, -0.2) is 41.3 Å². The first-order chi connectivity index (χ1) is 10.2. The number of aliphatic hydroxyl groups excluding tert-OH is 1. The van der Waals surface area contributed by atoms with Crippen molar-refractivity contribution in [2.45, 2.75) is 63.3 Å². The Morgan fingerprint density at radius 2 is 2.00 bits per heavy atom. The third kappa shape index (κ3) is 4.20. The van der Waals surface area contributed by atoms with Crippen LogP contribution in [0.1, 0.15) is 43.4 Å². The van der Waals surface area contributed by atoms with Gasteiger partial charge in [0.25, 0.3) is 0 Å². The molecule has 1 aromatic rings. The molecule has 0 amide bonds. The average Bonchev–Trinajstić information content (AvgIpc) is 2.92. The van der Waals surface area contributed by atoms with Gasteiger partial charge in [0.15, 0.2) is 0 Å². The Hall–Kier alpha value is -0.130. The van der Waals surface area contributed by atoms with Crippen LogP contribution in [0.4, 0.5) is 0 Å². The molecule has 3 nitrogen and oxygen atoms in total. The zero-order valence-corrected chi connectivity index (χ0v) is 14.0. The number of nitrogens with one attached hydrogen (secondary N) is 1. The molecule has 1 aromatic heterocycles. The van der Waals surface area contributed by atoms with Gasteiger partial charge in [-0.1, -0.05) is 24.4 Å². The van der Waals surface area contributed by atoms with E-state index in [1.54, 1.807) is 11.3 Å². The van der Waals surface area contributed by atoms with E-state index in [9.17, 15) is 5.11 Å². The van der Waals surface area contributed by atoms with Crippen LogP contribution in [0.15, 0.2) is 11.4 Å². The maximum atomic E-state index is 10.2. The molecule has 0 unspecified atom stereocenters. The predicted octanol–water partition coefficient (Wildman–Crippen LogP) is 3.26. The molecule has 1 aliphatic heterocycles. The second-order valence-electron chi connectivity index (χ2n) is 6.34. The first-order valence-electron chi connectivity index (χ1n) is 8.11. The number of halogens is 1. The Labute approximate surface area is 136 Å². The first kappa shape index (κ1) is 15.8. The van der Waals surface area contributed by atoms with Crippen LogP contribution < -0.4 is 5.32 Å². The van der Waals surface area contributed by atoms with Crippen LogP contribution in [0.2, 0.25) is 5.02 Å². The molecule has 2 N–H and O–H groups in total. The molecule has 1 saturated heterocycles. The van der Waals surface area contributed by atoms with Crippen molar-refractivity contribution in [3.63, 3.8) is 0 Å². The van der Waals surface area contributed by atoms with E-state index in [0.29, 0.717) is 12.1 Å². The first-order valence-corrected chi connectivity index (χ1v) is 9.36. The van der Waals surface area contributed by atoms with Crippen molar-refractivity contribution in [1.82, 2.24) is 10.2 Å². The molecule has 1 saturated carbocycles. The zero-order valence-electron chi connectivity index (χ0n) is 12.4. The van der Waals surface area contributed by atoms with Gasteiger partial charge in [0, 0.05) is 42.0 Å². The second kappa shape index (κ2) is 7.42. The highest BCUT2D eigenvalue weighted by Crippen LogP contribution is 2.26. The Morgan fingerprint density at radius 1 is 1.24 bits per heavy atom. The third-order valence-corrected chi connectivity index (χ3v) is 6.16. The fraction of sp³-hybridized carbons (Fsp3) is 0.750. The van der Waals surface area contributed by atoms with Gasteiger partial charge >= 0.3 is 0 Å². The molecule has 118 valence electrons. The summed E-state index contributed by atoms with van der Waals surface area (Å²) < 4.78 is 0. The van der Waals surface area contributed by atoms with Crippen molar-refractivity contribution < 1.29 is 5.11 Å². The lowest BCUT2D eigenvalue weighted by Gasteiger charge is -2.41. The minimum atomic E-state index is -0.100. The molecule has 0 radical (unpaired) electrons. The molecule has 0 spiro atoms. The van der Waals surface area contributed by atoms with E-state index >= 15 is 0 Å². The molecule has 2 atom stereocenters. The standard InChI is InChI=1S/C16H25ClN2OS/c17-12-9-14(21-11-12)10-18-13-5-7-19(8-6-13)15-3-1-2-4-16(15)20/h9,11,13,15-16,18,20H,1-8,10H2/t15-,16-/m0/s1. The lowest BCUT2D eigenvalue weighted by Crippen LogP contribution is -2.51. The minimum Gasteiger partial charge on any atom is -0.391 e. The summed E-state index contributed by atoms with van der Waals surface area (Å²) in [6.07, 6.45) is 6.90. The lowest BCUT2D eigenvalue weighted by atomic mass is 9.89. The van der Waals surface area contributed by atoms with Crippen LogP contribution in [0.25, 0.3) is 0 Å². The quantitative estimate of drug-likeness (QED) is 0.890. The van der Waals surface area contributed by atoms with Crippen molar-refractivity contribution in [2.75, 3.05) is 13.1 Å². The molecule has 2 fully saturated rings. The van der Waals surface area contributed by atoms with Gasteiger partial charge in [0.1, 0.15) is 0 Å². The number of thiophene rings is 1. The van der Waals surface area contributed by atoms with Gasteiger partial charge in [0.05, 0.1) is 11.1 Å². The van der Waals surface area contributed by atoms with Crippen LogP contribution in [0, 0.1) is 0 Å². The Morgan fingerprint density at radius 3 is 2.67 bits per heavy atom. The summed E-state index contributed by atoms with van der Waals surface area (Å²) in [5.41, 5.74) is 0. The highest BCUT2D eigenvalue weighted by molar-refractivity contribution is 7.10. The topological polar surface area (TPSA) is 35.5 Å². The van der Waals surface area contributed by atoms with Gasteiger partial charge in [0.2, 0.25) is 0 Å². The van der Waals surface area contributed by atoms with Crippen molar-refractivity contribution in [2.24, 2.45) is 0 Å². The molecule has 21 heavy (non-hydrogen) atoms. The summed E-state index contributed by atoms with van der Waals surface area (Å²) in [5, 5.41) is 16.7. The number of rotatable bonds is 4. The number of likely N-dealkylation sites (tertiary alicyclic amines) is 1. The third-order valence-electron chi connectivity index (χ3n) is 4.88. The molecule has 1 aliphatic carbocycles. The molecule has 2 heterocycles. The Balaban J connectivity index is 1.42. The maximum Gasteiger partial charge on any atom is 0.0695 e. The van der Waals surface area contributed by atoms with E-state index in [1.165, 1.54) is 37.0 Å². The van der Waals surface area contributed by atoms with Gasteiger partial charge in [-0.2, -0.15) is 0 Å². The summed E-state index contributed by atoms with van der Waals surface area (Å²) >= 11 is 7.68. The van der Waals surface area contributed by atoms with Crippen molar-refractivity contribution >= 4 is 22.9 Å². The Kier molecular flexibility index (Phi) is 5.57. The fourth-order valence-electron chi connectivity index (χ4n) is 3.64. The van der Waals surface area contributed by atoms with Gasteiger partial charge in [-0.05, 0) is 31.7 Å². The van der Waals surface area contributed by atoms with E-state index in [2.05, 4.69) is 10.2 Å². The summed E-state index contributed by atoms with van der Waals surface area (Å²) in [4.78, 5) is 3.83. The number of aliphatic hydroxyl groups is 1. The molecular weight excluding hydrogens is 304 g/mol. The van der Waals surface area contributed by atoms with Crippen molar-refractivity contribution in [1.29, 1.82) is 0 Å². The Bertz CT molecular complexity index is 445. The number of hydrogen-bond acceptors (Lipinski definition) is 4. The normalized spacial score (nSPS) is 28.9. The van der Waals surface area contributed by atoms with Crippen LogP contribution >= 0.6 is 22.9 Å². The summed E-state index contributed by atoms with van der Waals surface area (Å²) in [6.45, 7) is 3.16. The van der Waals surface area contributed by atoms with Gasteiger partial charge in [-0.15, -0.1) is 11.3 Å². The van der Waals surface area contributed by atoms with Gasteiger partial charge < -0.3 is 10.4 Å². The van der Waals surface area contributed by atoms with E-state index in [0.717, 1.165) is 31.1 Å². The minimum absolute atomic E-state index is 0.100. The average molecular weight is 329 g/mol. The molecule has 2 aliphatic rings.